The van der Waals surface area contributed by atoms with Crippen molar-refractivity contribution in [3.63, 3.8) is 0 Å². The number of fused-ring (bicyclic) bond motifs is 1. The van der Waals surface area contributed by atoms with E-state index in [1.807, 2.05) is 41.6 Å². The Kier molecular flexibility index (Phi) is 7.75. The van der Waals surface area contributed by atoms with Crippen molar-refractivity contribution in [3.8, 4) is 0 Å². The maximum Gasteiger partial charge on any atom is 0.490 e. The normalized spacial score (nSPS) is 20.8. The van der Waals surface area contributed by atoms with E-state index < -0.39 is 12.1 Å². The number of pyridine rings is 2. The number of rotatable bonds is 4. The molecule has 172 valence electrons. The summed E-state index contributed by atoms with van der Waals surface area (Å²) in [6.07, 6.45) is 2.55. The van der Waals surface area contributed by atoms with Gasteiger partial charge in [0.05, 0.1) is 25.2 Å². The number of ether oxygens (including phenoxy) is 1. The molecule has 0 unspecified atom stereocenters. The summed E-state index contributed by atoms with van der Waals surface area (Å²) in [5.41, 5.74) is 2.20. The molecule has 11 heteroatoms. The fourth-order valence-corrected chi connectivity index (χ4v) is 3.67. The van der Waals surface area contributed by atoms with Gasteiger partial charge in [0.15, 0.2) is 0 Å². The Morgan fingerprint density at radius 2 is 1.81 bits per heavy atom. The quantitative estimate of drug-likeness (QED) is 0.755. The number of carbonyl (C=O) groups is 2. The van der Waals surface area contributed by atoms with Crippen molar-refractivity contribution in [1.29, 1.82) is 0 Å². The standard InChI is InChI=1S/C19H22N4O2.C2HF3O2/c24-19(10-16-2-1-5-21-11-16)23-13-17-18(14-23)25-9-8-22(17)12-15-3-6-20-7-4-15;3-2(4,5)1(6)7/h1-7,11,17-18H,8-10,12-14H2;(H,6,7)/t17-,18+;/m1./s1. The van der Waals surface area contributed by atoms with Gasteiger partial charge < -0.3 is 14.7 Å². The molecular weight excluding hydrogens is 429 g/mol. The number of alkyl halides is 3. The van der Waals surface area contributed by atoms with Crippen LogP contribution in [0.4, 0.5) is 13.2 Å². The van der Waals surface area contributed by atoms with Crippen molar-refractivity contribution in [2.24, 2.45) is 0 Å². The lowest BCUT2D eigenvalue weighted by Crippen LogP contribution is -2.50. The maximum absolute atomic E-state index is 12.6. The summed E-state index contributed by atoms with van der Waals surface area (Å²) in [5.74, 6) is -2.61. The Morgan fingerprint density at radius 1 is 1.09 bits per heavy atom. The zero-order valence-electron chi connectivity index (χ0n) is 17.1. The van der Waals surface area contributed by atoms with Crippen molar-refractivity contribution < 1.29 is 32.6 Å². The van der Waals surface area contributed by atoms with E-state index in [4.69, 9.17) is 14.6 Å². The molecule has 32 heavy (non-hydrogen) atoms. The fraction of sp³-hybridized carbons (Fsp3) is 0.429. The molecule has 2 saturated heterocycles. The molecular formula is C21H23F3N4O4. The van der Waals surface area contributed by atoms with Crippen LogP contribution < -0.4 is 0 Å². The maximum atomic E-state index is 12.6. The second-order valence-electron chi connectivity index (χ2n) is 7.44. The lowest BCUT2D eigenvalue weighted by molar-refractivity contribution is -0.192. The first-order valence-corrected chi connectivity index (χ1v) is 9.95. The summed E-state index contributed by atoms with van der Waals surface area (Å²) >= 11 is 0. The third kappa shape index (κ3) is 6.47. The molecule has 8 nitrogen and oxygen atoms in total. The molecule has 0 saturated carbocycles. The summed E-state index contributed by atoms with van der Waals surface area (Å²) in [5, 5.41) is 7.12. The van der Waals surface area contributed by atoms with Crippen LogP contribution in [-0.4, -0.2) is 81.3 Å². The summed E-state index contributed by atoms with van der Waals surface area (Å²) in [4.78, 5) is 34.1. The van der Waals surface area contributed by atoms with E-state index in [1.165, 1.54) is 5.56 Å². The van der Waals surface area contributed by atoms with Crippen LogP contribution in [0.15, 0.2) is 49.1 Å². The third-order valence-corrected chi connectivity index (χ3v) is 5.22. The number of carboxylic acids is 1. The van der Waals surface area contributed by atoms with Crippen molar-refractivity contribution in [2.45, 2.75) is 31.3 Å². The molecule has 0 radical (unpaired) electrons. The van der Waals surface area contributed by atoms with Crippen LogP contribution in [0.1, 0.15) is 11.1 Å². The fourth-order valence-electron chi connectivity index (χ4n) is 3.67. The minimum Gasteiger partial charge on any atom is -0.475 e. The van der Waals surface area contributed by atoms with Gasteiger partial charge in [-0.25, -0.2) is 4.79 Å². The number of hydrogen-bond acceptors (Lipinski definition) is 6. The zero-order chi connectivity index (χ0) is 23.1. The first-order chi connectivity index (χ1) is 15.2. The topological polar surface area (TPSA) is 95.9 Å². The number of morpholine rings is 1. The second-order valence-corrected chi connectivity index (χ2v) is 7.44. The van der Waals surface area contributed by atoms with E-state index in [9.17, 15) is 18.0 Å². The number of carboxylic acid groups (broad SMARTS) is 1. The molecule has 2 fully saturated rings. The van der Waals surface area contributed by atoms with Gasteiger partial charge in [-0.05, 0) is 29.3 Å². The van der Waals surface area contributed by atoms with Gasteiger partial charge in [-0.3, -0.25) is 19.7 Å². The highest BCUT2D eigenvalue weighted by atomic mass is 19.4. The van der Waals surface area contributed by atoms with E-state index in [0.717, 1.165) is 31.8 Å². The van der Waals surface area contributed by atoms with Crippen LogP contribution >= 0.6 is 0 Å². The van der Waals surface area contributed by atoms with E-state index >= 15 is 0 Å². The highest BCUT2D eigenvalue weighted by Crippen LogP contribution is 2.25. The first-order valence-electron chi connectivity index (χ1n) is 9.95. The third-order valence-electron chi connectivity index (χ3n) is 5.22. The summed E-state index contributed by atoms with van der Waals surface area (Å²) < 4.78 is 37.7. The molecule has 0 bridgehead atoms. The molecule has 2 aromatic rings. The van der Waals surface area contributed by atoms with Gasteiger partial charge in [-0.15, -0.1) is 0 Å². The van der Waals surface area contributed by atoms with Crippen LogP contribution in [-0.2, 0) is 27.3 Å². The Hall–Kier alpha value is -3.05. The molecule has 2 aromatic heterocycles. The summed E-state index contributed by atoms with van der Waals surface area (Å²) in [6, 6.07) is 8.17. The van der Waals surface area contributed by atoms with E-state index in [-0.39, 0.29) is 18.1 Å². The van der Waals surface area contributed by atoms with Crippen LogP contribution in [0.3, 0.4) is 0 Å². The first kappa shape index (κ1) is 23.6. The van der Waals surface area contributed by atoms with Crippen molar-refractivity contribution in [1.82, 2.24) is 19.8 Å². The monoisotopic (exact) mass is 452 g/mol. The van der Waals surface area contributed by atoms with Gasteiger partial charge in [0, 0.05) is 51.0 Å². The molecule has 2 atom stereocenters. The Morgan fingerprint density at radius 3 is 2.44 bits per heavy atom. The van der Waals surface area contributed by atoms with Gasteiger partial charge in [0.25, 0.3) is 0 Å². The van der Waals surface area contributed by atoms with Crippen LogP contribution in [0, 0.1) is 0 Å². The van der Waals surface area contributed by atoms with Gasteiger partial charge in [-0.1, -0.05) is 6.07 Å². The van der Waals surface area contributed by atoms with Crippen LogP contribution in [0.2, 0.25) is 0 Å². The largest absolute Gasteiger partial charge is 0.490 e. The number of amides is 1. The number of likely N-dealkylation sites (tertiary alicyclic amines) is 1. The van der Waals surface area contributed by atoms with Gasteiger partial charge in [0.1, 0.15) is 0 Å². The molecule has 0 aliphatic carbocycles. The average molecular weight is 452 g/mol. The highest BCUT2D eigenvalue weighted by molar-refractivity contribution is 5.79. The van der Waals surface area contributed by atoms with Crippen LogP contribution in [0.5, 0.6) is 0 Å². The number of carbonyl (C=O) groups excluding carboxylic acids is 1. The summed E-state index contributed by atoms with van der Waals surface area (Å²) in [6.45, 7) is 3.90. The van der Waals surface area contributed by atoms with Crippen LogP contribution in [0.25, 0.3) is 0 Å². The predicted octanol–water partition coefficient (Wildman–Crippen LogP) is 1.76. The molecule has 2 aliphatic heterocycles. The summed E-state index contributed by atoms with van der Waals surface area (Å²) in [7, 11) is 0. The molecule has 0 aromatic carbocycles. The number of halogens is 3. The second kappa shape index (κ2) is 10.5. The SMILES string of the molecule is O=C(Cc1cccnc1)N1C[C@@H]2OCCN(Cc3ccncc3)[C@@H]2C1.O=C(O)C(F)(F)F. The van der Waals surface area contributed by atoms with E-state index in [1.54, 1.807) is 12.4 Å². The van der Waals surface area contributed by atoms with Gasteiger partial charge >= 0.3 is 12.1 Å². The zero-order valence-corrected chi connectivity index (χ0v) is 17.1. The number of nitrogens with zero attached hydrogens (tertiary/aromatic N) is 4. The van der Waals surface area contributed by atoms with Crippen molar-refractivity contribution in [2.75, 3.05) is 26.2 Å². The minimum absolute atomic E-state index is 0.105. The van der Waals surface area contributed by atoms with Gasteiger partial charge in [0.2, 0.25) is 5.91 Å². The smallest absolute Gasteiger partial charge is 0.475 e. The minimum atomic E-state index is -5.08. The lowest BCUT2D eigenvalue weighted by Gasteiger charge is -2.36. The number of aromatic nitrogens is 2. The van der Waals surface area contributed by atoms with Crippen molar-refractivity contribution in [3.05, 3.63) is 60.2 Å². The molecule has 4 heterocycles. The average Bonchev–Trinajstić information content (AvgIpc) is 3.21. The van der Waals surface area contributed by atoms with Crippen molar-refractivity contribution >= 4 is 11.9 Å². The molecule has 4 rings (SSSR count). The molecule has 2 aliphatic rings. The van der Waals surface area contributed by atoms with Gasteiger partial charge in [-0.2, -0.15) is 13.2 Å². The highest BCUT2D eigenvalue weighted by Gasteiger charge is 2.41. The molecule has 0 spiro atoms. The van der Waals surface area contributed by atoms with E-state index in [2.05, 4.69) is 14.9 Å². The van der Waals surface area contributed by atoms with E-state index in [0.29, 0.717) is 13.0 Å². The Labute approximate surface area is 182 Å². The Balaban J connectivity index is 0.000000360. The predicted molar refractivity (Wildman–Crippen MR) is 106 cm³/mol. The lowest BCUT2D eigenvalue weighted by atomic mass is 10.1. The molecule has 1 amide bonds. The Bertz CT molecular complexity index is 899. The molecule has 1 N–H and O–H groups in total. The number of hydrogen-bond donors (Lipinski definition) is 1. The number of aliphatic carboxylic acids is 1.